The summed E-state index contributed by atoms with van der Waals surface area (Å²) in [5, 5.41) is 3.97. The van der Waals surface area contributed by atoms with Gasteiger partial charge in [0.15, 0.2) is 0 Å². The molecule has 1 fully saturated rings. The van der Waals surface area contributed by atoms with Gasteiger partial charge in [0.2, 0.25) is 17.6 Å². The SMILES string of the molecule is Cc1ccc(-c2noc(C3CC(=O)N(c4cc(F)ccc4F)C3)n2)cc1. The van der Waals surface area contributed by atoms with Gasteiger partial charge in [-0.25, -0.2) is 8.78 Å². The number of amides is 1. The van der Waals surface area contributed by atoms with E-state index in [1.54, 1.807) is 0 Å². The maximum absolute atomic E-state index is 14.0. The molecule has 1 aliphatic rings. The lowest BCUT2D eigenvalue weighted by Crippen LogP contribution is -2.25. The molecule has 0 N–H and O–H groups in total. The zero-order chi connectivity index (χ0) is 18.3. The first-order valence-corrected chi connectivity index (χ1v) is 8.17. The number of halogens is 2. The van der Waals surface area contributed by atoms with Crippen LogP contribution in [0.15, 0.2) is 47.0 Å². The molecule has 26 heavy (non-hydrogen) atoms. The monoisotopic (exact) mass is 355 g/mol. The Morgan fingerprint density at radius 3 is 2.69 bits per heavy atom. The summed E-state index contributed by atoms with van der Waals surface area (Å²) in [6, 6.07) is 10.7. The molecule has 1 amide bonds. The molecule has 1 aromatic heterocycles. The van der Waals surface area contributed by atoms with Crippen LogP contribution in [0.3, 0.4) is 0 Å². The van der Waals surface area contributed by atoms with E-state index in [2.05, 4.69) is 10.1 Å². The first-order chi connectivity index (χ1) is 12.5. The number of hydrogen-bond donors (Lipinski definition) is 0. The second kappa shape index (κ2) is 6.33. The van der Waals surface area contributed by atoms with Crippen LogP contribution in [0.25, 0.3) is 11.4 Å². The summed E-state index contributed by atoms with van der Waals surface area (Å²) in [6.45, 7) is 2.14. The van der Waals surface area contributed by atoms with Gasteiger partial charge in [-0.05, 0) is 19.1 Å². The fourth-order valence-corrected chi connectivity index (χ4v) is 3.02. The van der Waals surface area contributed by atoms with Gasteiger partial charge >= 0.3 is 0 Å². The third kappa shape index (κ3) is 2.96. The Morgan fingerprint density at radius 1 is 1.15 bits per heavy atom. The van der Waals surface area contributed by atoms with Gasteiger partial charge in [-0.1, -0.05) is 35.0 Å². The highest BCUT2D eigenvalue weighted by Gasteiger charge is 2.36. The van der Waals surface area contributed by atoms with E-state index in [0.717, 1.165) is 29.3 Å². The van der Waals surface area contributed by atoms with Crippen molar-refractivity contribution in [1.29, 1.82) is 0 Å². The number of aryl methyl sites for hydroxylation is 1. The van der Waals surface area contributed by atoms with Crippen molar-refractivity contribution in [2.24, 2.45) is 0 Å². The Kier molecular flexibility index (Phi) is 3.99. The fourth-order valence-electron chi connectivity index (χ4n) is 3.02. The second-order valence-corrected chi connectivity index (χ2v) is 6.32. The minimum atomic E-state index is -0.647. The third-order valence-corrected chi connectivity index (χ3v) is 4.42. The lowest BCUT2D eigenvalue weighted by atomic mass is 10.1. The van der Waals surface area contributed by atoms with Gasteiger partial charge in [-0.3, -0.25) is 4.79 Å². The number of benzene rings is 2. The number of carbonyl (C=O) groups excluding carboxylic acids is 1. The predicted octanol–water partition coefficient (Wildman–Crippen LogP) is 3.84. The van der Waals surface area contributed by atoms with E-state index in [-0.39, 0.29) is 30.5 Å². The Hall–Kier alpha value is -3.09. The molecule has 1 saturated heterocycles. The Labute approximate surface area is 148 Å². The summed E-state index contributed by atoms with van der Waals surface area (Å²) >= 11 is 0. The van der Waals surface area contributed by atoms with Crippen LogP contribution < -0.4 is 4.90 Å². The van der Waals surface area contributed by atoms with Gasteiger partial charge in [0.25, 0.3) is 0 Å². The molecule has 1 unspecified atom stereocenters. The molecule has 1 aliphatic heterocycles. The Bertz CT molecular complexity index is 969. The highest BCUT2D eigenvalue weighted by molar-refractivity contribution is 5.96. The van der Waals surface area contributed by atoms with Crippen molar-refractivity contribution in [1.82, 2.24) is 10.1 Å². The highest BCUT2D eigenvalue weighted by Crippen LogP contribution is 2.33. The van der Waals surface area contributed by atoms with Crippen LogP contribution in [0, 0.1) is 18.6 Å². The van der Waals surface area contributed by atoms with E-state index in [4.69, 9.17) is 4.52 Å². The molecule has 0 spiro atoms. The van der Waals surface area contributed by atoms with E-state index in [1.165, 1.54) is 4.90 Å². The third-order valence-electron chi connectivity index (χ3n) is 4.42. The maximum Gasteiger partial charge on any atom is 0.232 e. The van der Waals surface area contributed by atoms with E-state index >= 15 is 0 Å². The smallest absolute Gasteiger partial charge is 0.232 e. The molecule has 0 bridgehead atoms. The summed E-state index contributed by atoms with van der Waals surface area (Å²) in [4.78, 5) is 17.9. The lowest BCUT2D eigenvalue weighted by Gasteiger charge is -2.16. The number of aromatic nitrogens is 2. The number of anilines is 1. The van der Waals surface area contributed by atoms with Gasteiger partial charge in [-0.15, -0.1) is 0 Å². The van der Waals surface area contributed by atoms with Crippen LogP contribution in [0.1, 0.15) is 23.8 Å². The number of rotatable bonds is 3. The average Bonchev–Trinajstić information content (AvgIpc) is 3.25. The molecule has 1 atom stereocenters. The summed E-state index contributed by atoms with van der Waals surface area (Å²) in [5.41, 5.74) is 1.85. The predicted molar refractivity (Wildman–Crippen MR) is 90.5 cm³/mol. The van der Waals surface area contributed by atoms with Crippen molar-refractivity contribution in [2.75, 3.05) is 11.4 Å². The maximum atomic E-state index is 14.0. The molecule has 132 valence electrons. The van der Waals surface area contributed by atoms with Crippen LogP contribution in [0.2, 0.25) is 0 Å². The number of carbonyl (C=O) groups is 1. The summed E-state index contributed by atoms with van der Waals surface area (Å²) in [5.74, 6) is -1.18. The van der Waals surface area contributed by atoms with E-state index in [0.29, 0.717) is 11.7 Å². The minimum Gasteiger partial charge on any atom is -0.339 e. The molecule has 5 nitrogen and oxygen atoms in total. The summed E-state index contributed by atoms with van der Waals surface area (Å²) in [6.07, 6.45) is 0.103. The molecular formula is C19H15F2N3O2. The van der Waals surface area contributed by atoms with Crippen molar-refractivity contribution < 1.29 is 18.1 Å². The van der Waals surface area contributed by atoms with Gasteiger partial charge < -0.3 is 9.42 Å². The minimum absolute atomic E-state index is 0.0734. The van der Waals surface area contributed by atoms with E-state index in [1.807, 2.05) is 31.2 Å². The summed E-state index contributed by atoms with van der Waals surface area (Å²) in [7, 11) is 0. The average molecular weight is 355 g/mol. The van der Waals surface area contributed by atoms with Gasteiger partial charge in [-0.2, -0.15) is 4.98 Å². The molecule has 3 aromatic rings. The second-order valence-electron chi connectivity index (χ2n) is 6.32. The topological polar surface area (TPSA) is 59.2 Å². The molecule has 4 rings (SSSR count). The standard InChI is InChI=1S/C19H15F2N3O2/c1-11-2-4-12(5-3-11)18-22-19(26-23-18)13-8-17(25)24(10-13)16-9-14(20)6-7-15(16)21/h2-7,9,13H,8,10H2,1H3. The first-order valence-electron chi connectivity index (χ1n) is 8.17. The normalized spacial score (nSPS) is 17.1. The lowest BCUT2D eigenvalue weighted by molar-refractivity contribution is -0.117. The quantitative estimate of drug-likeness (QED) is 0.716. The molecule has 2 aromatic carbocycles. The first kappa shape index (κ1) is 16.4. The van der Waals surface area contributed by atoms with Crippen LogP contribution in [-0.4, -0.2) is 22.6 Å². The number of hydrogen-bond acceptors (Lipinski definition) is 4. The van der Waals surface area contributed by atoms with Crippen molar-refractivity contribution in [3.8, 4) is 11.4 Å². The summed E-state index contributed by atoms with van der Waals surface area (Å²) < 4.78 is 32.7. The van der Waals surface area contributed by atoms with Crippen LogP contribution >= 0.6 is 0 Å². The molecular weight excluding hydrogens is 340 g/mol. The molecule has 7 heteroatoms. The van der Waals surface area contributed by atoms with Gasteiger partial charge in [0, 0.05) is 24.6 Å². The zero-order valence-corrected chi connectivity index (χ0v) is 13.9. The van der Waals surface area contributed by atoms with Crippen molar-refractivity contribution in [3.63, 3.8) is 0 Å². The molecule has 0 saturated carbocycles. The van der Waals surface area contributed by atoms with Gasteiger partial charge in [0.1, 0.15) is 11.6 Å². The number of nitrogens with zero attached hydrogens (tertiary/aromatic N) is 3. The van der Waals surface area contributed by atoms with Gasteiger partial charge in [0.05, 0.1) is 11.6 Å². The van der Waals surface area contributed by atoms with Crippen LogP contribution in [-0.2, 0) is 4.79 Å². The Morgan fingerprint density at radius 2 is 1.92 bits per heavy atom. The molecule has 0 aliphatic carbocycles. The largest absolute Gasteiger partial charge is 0.339 e. The molecule has 0 radical (unpaired) electrons. The van der Waals surface area contributed by atoms with Crippen LogP contribution in [0.4, 0.5) is 14.5 Å². The Balaban J connectivity index is 1.58. The van der Waals surface area contributed by atoms with E-state index in [9.17, 15) is 13.6 Å². The van der Waals surface area contributed by atoms with Crippen LogP contribution in [0.5, 0.6) is 0 Å². The highest BCUT2D eigenvalue weighted by atomic mass is 19.1. The van der Waals surface area contributed by atoms with E-state index < -0.39 is 11.6 Å². The fraction of sp³-hybridized carbons (Fsp3) is 0.211. The van der Waals surface area contributed by atoms with Crippen molar-refractivity contribution >= 4 is 11.6 Å². The molecule has 2 heterocycles. The van der Waals surface area contributed by atoms with Crippen molar-refractivity contribution in [2.45, 2.75) is 19.3 Å². The van der Waals surface area contributed by atoms with Crippen molar-refractivity contribution in [3.05, 3.63) is 65.6 Å². The zero-order valence-electron chi connectivity index (χ0n) is 13.9.